The molecule has 0 amide bonds. The molecule has 142 valence electrons. The molecular formula is C20H20O7. The second kappa shape index (κ2) is 9.96. The molecule has 0 atom stereocenters. The number of hydrogen-bond acceptors (Lipinski definition) is 7. The van der Waals surface area contributed by atoms with E-state index in [9.17, 15) is 14.4 Å². The molecule has 2 aromatic carbocycles. The normalized spacial score (nSPS) is 10.2. The minimum atomic E-state index is -0.981. The summed E-state index contributed by atoms with van der Waals surface area (Å²) in [6.07, 6.45) is 0.0869. The van der Waals surface area contributed by atoms with Crippen LogP contribution in [0.4, 0.5) is 4.79 Å². The fourth-order valence-electron chi connectivity index (χ4n) is 2.17. The highest BCUT2D eigenvalue weighted by atomic mass is 17.2. The maximum atomic E-state index is 12.2. The smallest absolute Gasteiger partial charge is 0.431 e. The molecule has 0 saturated heterocycles. The van der Waals surface area contributed by atoms with Crippen molar-refractivity contribution in [2.75, 3.05) is 0 Å². The third kappa shape index (κ3) is 5.85. The van der Waals surface area contributed by atoms with Gasteiger partial charge in [-0.15, -0.1) is 0 Å². The van der Waals surface area contributed by atoms with E-state index >= 15 is 0 Å². The molecule has 27 heavy (non-hydrogen) atoms. The maximum Gasteiger partial charge on any atom is 0.514 e. The molecule has 0 bridgehead atoms. The van der Waals surface area contributed by atoms with Crippen LogP contribution in [0.5, 0.6) is 5.75 Å². The van der Waals surface area contributed by atoms with Gasteiger partial charge in [-0.2, -0.15) is 0 Å². The summed E-state index contributed by atoms with van der Waals surface area (Å²) in [5.41, 5.74) is 0.142. The Labute approximate surface area is 156 Å². The summed E-state index contributed by atoms with van der Waals surface area (Å²) in [5, 5.41) is 0. The van der Waals surface area contributed by atoms with Crippen LogP contribution in [0.1, 0.15) is 47.4 Å². The predicted molar refractivity (Wildman–Crippen MR) is 95.2 cm³/mol. The van der Waals surface area contributed by atoms with Crippen molar-refractivity contribution in [1.29, 1.82) is 0 Å². The van der Waals surface area contributed by atoms with Gasteiger partial charge in [0.2, 0.25) is 0 Å². The van der Waals surface area contributed by atoms with E-state index in [0.717, 1.165) is 0 Å². The van der Waals surface area contributed by atoms with E-state index in [1.807, 2.05) is 13.8 Å². The number of carbonyl (C=O) groups excluding carboxylic acids is 3. The molecule has 2 aromatic rings. The summed E-state index contributed by atoms with van der Waals surface area (Å²) >= 11 is 0. The molecule has 0 N–H and O–H groups in total. The molecule has 0 fully saturated rings. The Kier molecular flexibility index (Phi) is 7.37. The van der Waals surface area contributed by atoms with Gasteiger partial charge in [0.15, 0.2) is 0 Å². The molecule has 0 spiro atoms. The molecule has 0 aliphatic heterocycles. The van der Waals surface area contributed by atoms with Gasteiger partial charge >= 0.3 is 18.1 Å². The second-order valence-corrected chi connectivity index (χ2v) is 5.51. The first-order valence-electron chi connectivity index (χ1n) is 8.50. The number of hydrogen-bond donors (Lipinski definition) is 0. The van der Waals surface area contributed by atoms with Crippen LogP contribution >= 0.6 is 0 Å². The van der Waals surface area contributed by atoms with Gasteiger partial charge in [0.25, 0.3) is 0 Å². The highest BCUT2D eigenvalue weighted by Crippen LogP contribution is 2.20. The molecular weight excluding hydrogens is 352 g/mol. The van der Waals surface area contributed by atoms with Gasteiger partial charge in [-0.25, -0.2) is 24.2 Å². The first-order chi connectivity index (χ1) is 13.0. The summed E-state index contributed by atoms with van der Waals surface area (Å²) in [7, 11) is 0. The number of ether oxygens (including phenoxy) is 2. The lowest BCUT2D eigenvalue weighted by molar-refractivity contribution is -0.187. The van der Waals surface area contributed by atoms with Gasteiger partial charge in [-0.05, 0) is 37.1 Å². The van der Waals surface area contributed by atoms with Gasteiger partial charge < -0.3 is 9.47 Å². The van der Waals surface area contributed by atoms with Crippen LogP contribution in [0.3, 0.4) is 0 Å². The molecule has 7 heteroatoms. The highest BCUT2D eigenvalue weighted by molar-refractivity contribution is 5.94. The van der Waals surface area contributed by atoms with Crippen LogP contribution in [-0.2, 0) is 14.5 Å². The van der Waals surface area contributed by atoms with Gasteiger partial charge in [-0.3, -0.25) is 0 Å². The lowest BCUT2D eigenvalue weighted by Crippen LogP contribution is -2.21. The molecule has 0 unspecified atom stereocenters. The Hall–Kier alpha value is -3.35. The fraction of sp³-hybridized carbons (Fsp3) is 0.250. The zero-order valence-corrected chi connectivity index (χ0v) is 15.0. The van der Waals surface area contributed by atoms with E-state index in [0.29, 0.717) is 12.8 Å². The molecule has 0 aliphatic rings. The molecule has 0 heterocycles. The van der Waals surface area contributed by atoms with Crippen LogP contribution in [-0.4, -0.2) is 24.2 Å². The van der Waals surface area contributed by atoms with Gasteiger partial charge in [0.05, 0.1) is 5.56 Å². The van der Waals surface area contributed by atoms with Crippen LogP contribution in [0, 0.1) is 0 Å². The van der Waals surface area contributed by atoms with Crippen molar-refractivity contribution in [3.05, 3.63) is 65.7 Å². The van der Waals surface area contributed by atoms with E-state index in [-0.39, 0.29) is 23.0 Å². The summed E-state index contributed by atoms with van der Waals surface area (Å²) < 4.78 is 10.2. The number of benzene rings is 2. The zero-order chi connectivity index (χ0) is 19.6. The molecule has 2 rings (SSSR count). The van der Waals surface area contributed by atoms with Gasteiger partial charge in [0, 0.05) is 0 Å². The molecule has 0 saturated carbocycles. The van der Waals surface area contributed by atoms with Crippen molar-refractivity contribution in [2.24, 2.45) is 0 Å². The molecule has 0 aliphatic carbocycles. The van der Waals surface area contributed by atoms with E-state index in [1.54, 1.807) is 30.3 Å². The van der Waals surface area contributed by atoms with E-state index in [1.165, 1.54) is 24.3 Å². The summed E-state index contributed by atoms with van der Waals surface area (Å²) in [5.74, 6) is -1.87. The number of rotatable bonds is 6. The number of carbonyl (C=O) groups is 3. The van der Waals surface area contributed by atoms with Crippen LogP contribution in [0.15, 0.2) is 54.6 Å². The SMILES string of the molecule is CCC(CC)OC(=O)Oc1ccccc1C(=O)OOC(=O)c1ccccc1. The lowest BCUT2D eigenvalue weighted by atomic mass is 10.2. The van der Waals surface area contributed by atoms with Crippen LogP contribution in [0.2, 0.25) is 0 Å². The average Bonchev–Trinajstić information content (AvgIpc) is 2.71. The highest BCUT2D eigenvalue weighted by Gasteiger charge is 2.21. The molecule has 7 nitrogen and oxygen atoms in total. The van der Waals surface area contributed by atoms with Crippen molar-refractivity contribution in [1.82, 2.24) is 0 Å². The lowest BCUT2D eigenvalue weighted by Gasteiger charge is -2.14. The van der Waals surface area contributed by atoms with Crippen LogP contribution < -0.4 is 4.74 Å². The maximum absolute atomic E-state index is 12.2. The fourth-order valence-corrected chi connectivity index (χ4v) is 2.17. The summed E-state index contributed by atoms with van der Waals surface area (Å²) in [4.78, 5) is 45.0. The Bertz CT molecular complexity index is 782. The van der Waals surface area contributed by atoms with E-state index in [4.69, 9.17) is 9.47 Å². The monoisotopic (exact) mass is 372 g/mol. The summed E-state index contributed by atoms with van der Waals surface area (Å²) in [6, 6.07) is 14.0. The van der Waals surface area contributed by atoms with Crippen molar-refractivity contribution in [2.45, 2.75) is 32.8 Å². The third-order valence-corrected chi connectivity index (χ3v) is 3.68. The van der Waals surface area contributed by atoms with Gasteiger partial charge in [-0.1, -0.05) is 44.2 Å². The first-order valence-corrected chi connectivity index (χ1v) is 8.50. The number of para-hydroxylation sites is 1. The average molecular weight is 372 g/mol. The van der Waals surface area contributed by atoms with E-state index in [2.05, 4.69) is 9.78 Å². The Balaban J connectivity index is 2.00. The minimum absolute atomic E-state index is 0.0609. The van der Waals surface area contributed by atoms with Crippen molar-refractivity contribution in [3.63, 3.8) is 0 Å². The van der Waals surface area contributed by atoms with Crippen molar-refractivity contribution < 1.29 is 33.6 Å². The largest absolute Gasteiger partial charge is 0.514 e. The van der Waals surface area contributed by atoms with Crippen molar-refractivity contribution in [3.8, 4) is 5.75 Å². The standard InChI is InChI=1S/C20H20O7/c1-3-15(4-2)24-20(23)25-17-13-9-8-12-16(17)19(22)27-26-18(21)14-10-6-5-7-11-14/h5-13,15H,3-4H2,1-2H3. The Morgan fingerprint density at radius 1 is 0.815 bits per heavy atom. The van der Waals surface area contributed by atoms with Gasteiger partial charge in [0.1, 0.15) is 17.4 Å². The second-order valence-electron chi connectivity index (χ2n) is 5.51. The van der Waals surface area contributed by atoms with Crippen LogP contribution in [0.25, 0.3) is 0 Å². The third-order valence-electron chi connectivity index (χ3n) is 3.68. The van der Waals surface area contributed by atoms with E-state index < -0.39 is 18.1 Å². The Morgan fingerprint density at radius 2 is 1.41 bits per heavy atom. The van der Waals surface area contributed by atoms with Crippen molar-refractivity contribution >= 4 is 18.1 Å². The molecule has 0 aromatic heterocycles. The molecule has 0 radical (unpaired) electrons. The predicted octanol–water partition coefficient (Wildman–Crippen LogP) is 4.32. The first kappa shape index (κ1) is 20.0. The summed E-state index contributed by atoms with van der Waals surface area (Å²) in [6.45, 7) is 3.77. The quantitative estimate of drug-likeness (QED) is 0.323. The minimum Gasteiger partial charge on any atom is -0.431 e. The zero-order valence-electron chi connectivity index (χ0n) is 15.0. The Morgan fingerprint density at radius 3 is 2.07 bits per heavy atom. The topological polar surface area (TPSA) is 88.1 Å².